The van der Waals surface area contributed by atoms with Crippen LogP contribution < -0.4 is 21.2 Å². The third-order valence-electron chi connectivity index (χ3n) is 4.13. The maximum absolute atomic E-state index is 5.92. The van der Waals surface area contributed by atoms with Gasteiger partial charge in [-0.05, 0) is 38.1 Å². The largest absolute Gasteiger partial charge is 0.497 e. The van der Waals surface area contributed by atoms with E-state index in [9.17, 15) is 0 Å². The molecule has 1 aromatic rings. The Labute approximate surface area is 144 Å². The summed E-state index contributed by atoms with van der Waals surface area (Å²) >= 11 is 0. The highest BCUT2D eigenvalue weighted by atomic mass is 16.5. The molecule has 1 aliphatic heterocycles. The molecule has 2 rings (SSSR count). The lowest BCUT2D eigenvalue weighted by atomic mass is 9.97. The van der Waals surface area contributed by atoms with Crippen LogP contribution in [0.15, 0.2) is 41.7 Å². The summed E-state index contributed by atoms with van der Waals surface area (Å²) in [4.78, 5) is 8.80. The molecular formula is C17H28N6O. The first-order chi connectivity index (χ1) is 11.2. The Balaban J connectivity index is 2.20. The Morgan fingerprint density at radius 2 is 1.92 bits per heavy atom. The average Bonchev–Trinajstić information content (AvgIpc) is 2.51. The van der Waals surface area contributed by atoms with Crippen molar-refractivity contribution in [3.05, 3.63) is 36.7 Å². The van der Waals surface area contributed by atoms with Crippen LogP contribution in [-0.4, -0.2) is 55.2 Å². The minimum atomic E-state index is -0.0977. The number of guanidine groups is 1. The molecule has 1 fully saturated rings. The predicted octanol–water partition coefficient (Wildman–Crippen LogP) is 1.19. The quantitative estimate of drug-likeness (QED) is 0.374. The summed E-state index contributed by atoms with van der Waals surface area (Å²) in [7, 11) is 3.43. The van der Waals surface area contributed by atoms with Crippen LogP contribution >= 0.6 is 0 Å². The lowest BCUT2D eigenvalue weighted by Gasteiger charge is -2.49. The molecule has 0 aromatic heterocycles. The monoisotopic (exact) mass is 332 g/mol. The molecule has 1 aliphatic rings. The van der Waals surface area contributed by atoms with Crippen LogP contribution in [0.2, 0.25) is 0 Å². The van der Waals surface area contributed by atoms with Crippen LogP contribution in [0, 0.1) is 0 Å². The SMILES string of the molecule is C=C(N)N=C(N(C)N)N1CCN(c2ccc(OC)cc2)C(C)(C)C1. The number of hydrogen-bond acceptors (Lipinski definition) is 5. The fourth-order valence-corrected chi connectivity index (χ4v) is 3.07. The van der Waals surface area contributed by atoms with Crippen molar-refractivity contribution in [2.45, 2.75) is 19.4 Å². The van der Waals surface area contributed by atoms with E-state index in [4.69, 9.17) is 16.3 Å². The molecule has 0 saturated carbocycles. The van der Waals surface area contributed by atoms with E-state index in [1.165, 1.54) is 10.7 Å². The van der Waals surface area contributed by atoms with Gasteiger partial charge in [0.05, 0.1) is 12.6 Å². The summed E-state index contributed by atoms with van der Waals surface area (Å²) in [6.07, 6.45) is 0. The van der Waals surface area contributed by atoms with Crippen molar-refractivity contribution in [2.24, 2.45) is 16.6 Å². The van der Waals surface area contributed by atoms with Crippen LogP contribution in [0.5, 0.6) is 5.75 Å². The fraction of sp³-hybridized carbons (Fsp3) is 0.471. The number of anilines is 1. The van der Waals surface area contributed by atoms with E-state index in [1.54, 1.807) is 14.2 Å². The van der Waals surface area contributed by atoms with Gasteiger partial charge in [0.1, 0.15) is 11.6 Å². The van der Waals surface area contributed by atoms with E-state index in [-0.39, 0.29) is 11.4 Å². The highest BCUT2D eigenvalue weighted by molar-refractivity contribution is 5.80. The van der Waals surface area contributed by atoms with Gasteiger partial charge in [-0.15, -0.1) is 0 Å². The fourth-order valence-electron chi connectivity index (χ4n) is 3.07. The first-order valence-corrected chi connectivity index (χ1v) is 7.93. The predicted molar refractivity (Wildman–Crippen MR) is 98.7 cm³/mol. The zero-order valence-electron chi connectivity index (χ0n) is 15.0. The van der Waals surface area contributed by atoms with Gasteiger partial charge in [0.15, 0.2) is 0 Å². The third kappa shape index (κ3) is 3.91. The van der Waals surface area contributed by atoms with Crippen molar-refractivity contribution in [1.82, 2.24) is 9.91 Å². The van der Waals surface area contributed by atoms with Crippen molar-refractivity contribution in [3.8, 4) is 5.75 Å². The normalized spacial score (nSPS) is 17.6. The molecule has 0 aliphatic carbocycles. The van der Waals surface area contributed by atoms with Gasteiger partial charge in [-0.3, -0.25) is 5.01 Å². The van der Waals surface area contributed by atoms with Gasteiger partial charge >= 0.3 is 0 Å². The van der Waals surface area contributed by atoms with Crippen molar-refractivity contribution in [3.63, 3.8) is 0 Å². The highest BCUT2D eigenvalue weighted by Crippen LogP contribution is 2.29. The van der Waals surface area contributed by atoms with Gasteiger partial charge in [0.25, 0.3) is 0 Å². The van der Waals surface area contributed by atoms with E-state index in [0.717, 1.165) is 25.4 Å². The molecule has 0 atom stereocenters. The summed E-state index contributed by atoms with van der Waals surface area (Å²) in [5.41, 5.74) is 6.71. The molecular weight excluding hydrogens is 304 g/mol. The zero-order chi connectivity index (χ0) is 17.9. The number of hydrazine groups is 1. The van der Waals surface area contributed by atoms with Gasteiger partial charge in [-0.1, -0.05) is 6.58 Å². The van der Waals surface area contributed by atoms with E-state index < -0.39 is 0 Å². The zero-order valence-corrected chi connectivity index (χ0v) is 15.0. The first-order valence-electron chi connectivity index (χ1n) is 7.93. The summed E-state index contributed by atoms with van der Waals surface area (Å²) < 4.78 is 5.24. The molecule has 132 valence electrons. The molecule has 1 saturated heterocycles. The second kappa shape index (κ2) is 7.00. The third-order valence-corrected chi connectivity index (χ3v) is 4.13. The Kier molecular flexibility index (Phi) is 5.23. The van der Waals surface area contributed by atoms with Crippen molar-refractivity contribution >= 4 is 11.6 Å². The van der Waals surface area contributed by atoms with Crippen LogP contribution in [0.4, 0.5) is 5.69 Å². The van der Waals surface area contributed by atoms with Crippen LogP contribution in [0.1, 0.15) is 13.8 Å². The Bertz CT molecular complexity index is 608. The molecule has 1 aromatic carbocycles. The number of benzene rings is 1. The van der Waals surface area contributed by atoms with E-state index in [1.807, 2.05) is 12.1 Å². The Hall–Kier alpha value is -2.41. The molecule has 24 heavy (non-hydrogen) atoms. The molecule has 0 radical (unpaired) electrons. The van der Waals surface area contributed by atoms with Gasteiger partial charge in [-0.25, -0.2) is 5.84 Å². The molecule has 0 spiro atoms. The van der Waals surface area contributed by atoms with Crippen LogP contribution in [-0.2, 0) is 0 Å². The summed E-state index contributed by atoms with van der Waals surface area (Å²) in [6, 6.07) is 8.14. The molecule has 1 heterocycles. The molecule has 4 N–H and O–H groups in total. The number of aliphatic imine (C=N–C) groups is 1. The van der Waals surface area contributed by atoms with E-state index in [0.29, 0.717) is 5.96 Å². The number of nitrogens with zero attached hydrogens (tertiary/aromatic N) is 4. The average molecular weight is 332 g/mol. The van der Waals surface area contributed by atoms with Gasteiger partial charge in [-0.2, -0.15) is 4.99 Å². The molecule has 7 heteroatoms. The van der Waals surface area contributed by atoms with Gasteiger partial charge in [0.2, 0.25) is 5.96 Å². The second-order valence-corrected chi connectivity index (χ2v) is 6.60. The summed E-state index contributed by atoms with van der Waals surface area (Å²) in [5.74, 6) is 7.65. The van der Waals surface area contributed by atoms with Crippen molar-refractivity contribution < 1.29 is 4.74 Å². The number of hydrogen-bond donors (Lipinski definition) is 2. The minimum Gasteiger partial charge on any atom is -0.497 e. The van der Waals surface area contributed by atoms with Gasteiger partial charge < -0.3 is 20.3 Å². The molecule has 0 unspecified atom stereocenters. The van der Waals surface area contributed by atoms with Gasteiger partial charge in [0, 0.05) is 32.4 Å². The maximum atomic E-state index is 5.92. The smallest absolute Gasteiger partial charge is 0.217 e. The lowest BCUT2D eigenvalue weighted by Crippen LogP contribution is -2.63. The number of piperazine rings is 1. The molecule has 0 bridgehead atoms. The minimum absolute atomic E-state index is 0.0977. The molecule has 7 nitrogen and oxygen atoms in total. The Morgan fingerprint density at radius 1 is 1.29 bits per heavy atom. The summed E-state index contributed by atoms with van der Waals surface area (Å²) in [6.45, 7) is 10.5. The van der Waals surface area contributed by atoms with Crippen LogP contribution in [0.3, 0.4) is 0 Å². The topological polar surface area (TPSA) is 83.3 Å². The number of nitrogens with two attached hydrogens (primary N) is 2. The maximum Gasteiger partial charge on any atom is 0.217 e. The number of rotatable bonds is 3. The lowest BCUT2D eigenvalue weighted by molar-refractivity contribution is 0.241. The number of ether oxygens (including phenoxy) is 1. The second-order valence-electron chi connectivity index (χ2n) is 6.60. The van der Waals surface area contributed by atoms with Crippen LogP contribution in [0.25, 0.3) is 0 Å². The Morgan fingerprint density at radius 3 is 2.38 bits per heavy atom. The van der Waals surface area contributed by atoms with E-state index >= 15 is 0 Å². The number of methoxy groups -OCH3 is 1. The van der Waals surface area contributed by atoms with Crippen molar-refractivity contribution in [1.29, 1.82) is 0 Å². The standard InChI is InChI=1S/C17H28N6O/c1-13(18)20-16(21(4)19)22-10-11-23(17(2,3)12-22)14-6-8-15(24-5)9-7-14/h6-9H,1,10-12,18-19H2,2-5H3. The molecule has 0 amide bonds. The first kappa shape index (κ1) is 17.9. The van der Waals surface area contributed by atoms with Crippen molar-refractivity contribution in [2.75, 3.05) is 38.7 Å². The highest BCUT2D eigenvalue weighted by Gasteiger charge is 2.35. The van der Waals surface area contributed by atoms with E-state index in [2.05, 4.69) is 47.4 Å². The summed E-state index contributed by atoms with van der Waals surface area (Å²) in [5, 5.41) is 1.48.